The second-order valence-electron chi connectivity index (χ2n) is 3.26. The Hall–Kier alpha value is -1.61. The predicted molar refractivity (Wildman–Crippen MR) is 58.5 cm³/mol. The van der Waals surface area contributed by atoms with Crippen molar-refractivity contribution >= 4 is 11.6 Å². The molecule has 1 nitrogen and oxygen atoms in total. The molecule has 2 aromatic carbocycles. The van der Waals surface area contributed by atoms with Gasteiger partial charge in [0.2, 0.25) is 0 Å². The van der Waals surface area contributed by atoms with Gasteiger partial charge in [0.05, 0.1) is 10.6 Å². The van der Waals surface area contributed by atoms with E-state index >= 15 is 0 Å². The van der Waals surface area contributed by atoms with Crippen molar-refractivity contribution < 1.29 is 13.9 Å². The molecule has 82 valence electrons. The van der Waals surface area contributed by atoms with Crippen molar-refractivity contribution in [3.63, 3.8) is 0 Å². The minimum Gasteiger partial charge on any atom is -0.506 e. The van der Waals surface area contributed by atoms with Gasteiger partial charge in [-0.2, -0.15) is 0 Å². The Morgan fingerprint density at radius 2 is 1.62 bits per heavy atom. The van der Waals surface area contributed by atoms with Crippen molar-refractivity contribution in [1.82, 2.24) is 0 Å². The average Bonchev–Trinajstić information content (AvgIpc) is 2.23. The molecule has 2 aromatic rings. The van der Waals surface area contributed by atoms with Crippen molar-refractivity contribution in [3.8, 4) is 16.9 Å². The Bertz CT molecular complexity index is 520. The van der Waals surface area contributed by atoms with Crippen LogP contribution in [-0.2, 0) is 0 Å². The zero-order valence-corrected chi connectivity index (χ0v) is 8.80. The van der Waals surface area contributed by atoms with Crippen molar-refractivity contribution in [2.75, 3.05) is 0 Å². The van der Waals surface area contributed by atoms with Gasteiger partial charge in [-0.1, -0.05) is 23.7 Å². The maximum absolute atomic E-state index is 13.4. The van der Waals surface area contributed by atoms with E-state index in [1.165, 1.54) is 36.4 Å². The zero-order valence-electron chi connectivity index (χ0n) is 8.05. The smallest absolute Gasteiger partial charge is 0.134 e. The molecule has 0 aliphatic rings. The summed E-state index contributed by atoms with van der Waals surface area (Å²) in [5.74, 6) is -1.45. The molecule has 0 unspecified atom stereocenters. The molecule has 0 aliphatic carbocycles. The van der Waals surface area contributed by atoms with E-state index in [9.17, 15) is 13.9 Å². The molecule has 0 aromatic heterocycles. The van der Waals surface area contributed by atoms with Gasteiger partial charge >= 0.3 is 0 Å². The first-order valence-corrected chi connectivity index (χ1v) is 4.90. The Morgan fingerprint density at radius 3 is 2.19 bits per heavy atom. The van der Waals surface area contributed by atoms with Crippen LogP contribution < -0.4 is 0 Å². The van der Waals surface area contributed by atoms with Crippen LogP contribution in [0.1, 0.15) is 0 Å². The first kappa shape index (κ1) is 10.9. The number of aromatic hydroxyl groups is 1. The molecule has 0 spiro atoms. The molecule has 0 bridgehead atoms. The number of hydrogen-bond acceptors (Lipinski definition) is 1. The topological polar surface area (TPSA) is 20.2 Å². The molecule has 0 saturated carbocycles. The van der Waals surface area contributed by atoms with E-state index in [0.717, 1.165) is 0 Å². The number of phenolic OH excluding ortho intramolecular Hbond substituents is 1. The highest BCUT2D eigenvalue weighted by atomic mass is 35.5. The van der Waals surface area contributed by atoms with E-state index < -0.39 is 11.6 Å². The van der Waals surface area contributed by atoms with Crippen LogP contribution >= 0.6 is 11.6 Å². The maximum atomic E-state index is 13.4. The van der Waals surface area contributed by atoms with Gasteiger partial charge in [-0.05, 0) is 29.8 Å². The summed E-state index contributed by atoms with van der Waals surface area (Å²) in [5, 5.41) is 9.27. The van der Waals surface area contributed by atoms with Gasteiger partial charge < -0.3 is 5.11 Å². The van der Waals surface area contributed by atoms with Crippen LogP contribution in [0.3, 0.4) is 0 Å². The number of halogens is 3. The lowest BCUT2D eigenvalue weighted by Crippen LogP contribution is -1.89. The first-order chi connectivity index (χ1) is 7.59. The summed E-state index contributed by atoms with van der Waals surface area (Å²) in [6, 6.07) is 7.64. The van der Waals surface area contributed by atoms with Gasteiger partial charge in [-0.3, -0.25) is 0 Å². The highest BCUT2D eigenvalue weighted by Crippen LogP contribution is 2.32. The highest BCUT2D eigenvalue weighted by molar-refractivity contribution is 6.32. The Balaban J connectivity index is 2.63. The van der Waals surface area contributed by atoms with Gasteiger partial charge in [-0.25, -0.2) is 8.78 Å². The second-order valence-corrected chi connectivity index (χ2v) is 3.67. The Labute approximate surface area is 95.9 Å². The van der Waals surface area contributed by atoms with Crippen LogP contribution in [0, 0.1) is 11.6 Å². The largest absolute Gasteiger partial charge is 0.506 e. The third kappa shape index (κ3) is 1.86. The van der Waals surface area contributed by atoms with Crippen LogP contribution in [0.2, 0.25) is 5.02 Å². The van der Waals surface area contributed by atoms with E-state index in [0.29, 0.717) is 5.56 Å². The van der Waals surface area contributed by atoms with Crippen LogP contribution in [0.15, 0.2) is 36.4 Å². The van der Waals surface area contributed by atoms with E-state index in [2.05, 4.69) is 0 Å². The molecule has 0 amide bonds. The molecule has 4 heteroatoms. The highest BCUT2D eigenvalue weighted by Gasteiger charge is 2.11. The van der Waals surface area contributed by atoms with E-state index in [1.807, 2.05) is 0 Å². The second kappa shape index (κ2) is 4.10. The summed E-state index contributed by atoms with van der Waals surface area (Å²) in [5.41, 5.74) is 0.141. The lowest BCUT2D eigenvalue weighted by molar-refractivity contribution is 0.475. The van der Waals surface area contributed by atoms with Crippen LogP contribution in [0.4, 0.5) is 8.78 Å². The fourth-order valence-electron chi connectivity index (χ4n) is 1.44. The first-order valence-electron chi connectivity index (χ1n) is 4.52. The molecular weight excluding hydrogens is 234 g/mol. The van der Waals surface area contributed by atoms with E-state index in [1.54, 1.807) is 0 Å². The summed E-state index contributed by atoms with van der Waals surface area (Å²) in [7, 11) is 0. The number of benzene rings is 2. The number of phenols is 1. The van der Waals surface area contributed by atoms with Crippen LogP contribution in [0.25, 0.3) is 11.1 Å². The summed E-state index contributed by atoms with van der Waals surface area (Å²) in [4.78, 5) is 0. The Morgan fingerprint density at radius 1 is 1.00 bits per heavy atom. The van der Waals surface area contributed by atoms with Gasteiger partial charge in [-0.15, -0.1) is 0 Å². The lowest BCUT2D eigenvalue weighted by atomic mass is 10.0. The predicted octanol–water partition coefficient (Wildman–Crippen LogP) is 3.99. The van der Waals surface area contributed by atoms with Crippen molar-refractivity contribution in [2.45, 2.75) is 0 Å². The molecule has 0 radical (unpaired) electrons. The van der Waals surface area contributed by atoms with Gasteiger partial charge in [0.15, 0.2) is 0 Å². The average molecular weight is 241 g/mol. The zero-order chi connectivity index (χ0) is 11.7. The maximum Gasteiger partial charge on any atom is 0.134 e. The molecule has 0 atom stereocenters. The number of hydrogen-bond donors (Lipinski definition) is 1. The summed E-state index contributed by atoms with van der Waals surface area (Å²) in [6.07, 6.45) is 0. The van der Waals surface area contributed by atoms with Crippen LogP contribution in [0.5, 0.6) is 5.75 Å². The third-order valence-corrected chi connectivity index (χ3v) is 2.50. The normalized spacial score (nSPS) is 10.4. The molecule has 0 aliphatic heterocycles. The molecular formula is C12H7ClF2O. The van der Waals surface area contributed by atoms with Crippen molar-refractivity contribution in [1.29, 1.82) is 0 Å². The molecule has 16 heavy (non-hydrogen) atoms. The standard InChI is InChI=1S/C12H7ClF2O/c13-8-6-7(4-5-11(8)16)12-9(14)2-1-3-10(12)15/h1-6,16H. The van der Waals surface area contributed by atoms with Crippen LogP contribution in [-0.4, -0.2) is 5.11 Å². The quantitative estimate of drug-likeness (QED) is 0.799. The lowest BCUT2D eigenvalue weighted by Gasteiger charge is -2.06. The van der Waals surface area contributed by atoms with Crippen molar-refractivity contribution in [2.24, 2.45) is 0 Å². The minimum absolute atomic E-state index is 0.0557. The van der Waals surface area contributed by atoms with E-state index in [-0.39, 0.29) is 16.3 Å². The molecule has 0 saturated heterocycles. The fourth-order valence-corrected chi connectivity index (χ4v) is 1.62. The fraction of sp³-hybridized carbons (Fsp3) is 0. The SMILES string of the molecule is Oc1ccc(-c2c(F)cccc2F)cc1Cl. The molecule has 0 fully saturated rings. The molecule has 0 heterocycles. The summed E-state index contributed by atoms with van der Waals surface area (Å²) >= 11 is 5.67. The summed E-state index contributed by atoms with van der Waals surface area (Å²) in [6.45, 7) is 0. The Kier molecular flexibility index (Phi) is 2.79. The number of rotatable bonds is 1. The summed E-state index contributed by atoms with van der Waals surface area (Å²) < 4.78 is 26.8. The van der Waals surface area contributed by atoms with E-state index in [4.69, 9.17) is 11.6 Å². The van der Waals surface area contributed by atoms with Gasteiger partial charge in [0, 0.05) is 0 Å². The van der Waals surface area contributed by atoms with Gasteiger partial charge in [0.25, 0.3) is 0 Å². The molecule has 1 N–H and O–H groups in total. The molecule has 2 rings (SSSR count). The minimum atomic E-state index is -0.665. The van der Waals surface area contributed by atoms with Crippen molar-refractivity contribution in [3.05, 3.63) is 53.1 Å². The third-order valence-electron chi connectivity index (χ3n) is 2.20. The van der Waals surface area contributed by atoms with Gasteiger partial charge in [0.1, 0.15) is 17.4 Å². The monoisotopic (exact) mass is 240 g/mol.